The van der Waals surface area contributed by atoms with Gasteiger partial charge in [0, 0.05) is 12.1 Å². The molecule has 2 aromatic rings. The van der Waals surface area contributed by atoms with Crippen LogP contribution < -0.4 is 5.32 Å². The second-order valence-corrected chi connectivity index (χ2v) is 6.16. The summed E-state index contributed by atoms with van der Waals surface area (Å²) in [6.45, 7) is 4.05. The van der Waals surface area contributed by atoms with Gasteiger partial charge >= 0.3 is 6.18 Å². The van der Waals surface area contributed by atoms with E-state index < -0.39 is 22.7 Å². The first-order valence-electron chi connectivity index (χ1n) is 6.70. The molecule has 0 aliphatic rings. The molecule has 0 radical (unpaired) electrons. The predicted octanol–water partition coefficient (Wildman–Crippen LogP) is 4.21. The highest BCUT2D eigenvalue weighted by Gasteiger charge is 2.39. The maximum Gasteiger partial charge on any atom is 0.435 e. The lowest BCUT2D eigenvalue weighted by Gasteiger charge is -2.08. The van der Waals surface area contributed by atoms with Crippen LogP contribution in [0.3, 0.4) is 0 Å². The number of carbonyl (C=O) groups excluding carboxylic acids is 1. The first-order chi connectivity index (χ1) is 10.3. The Balaban J connectivity index is 2.39. The molecule has 0 bridgehead atoms. The molecule has 118 valence electrons. The number of rotatable bonds is 4. The Hall–Kier alpha value is -1.89. The maximum atomic E-state index is 13.1. The fraction of sp³-hybridized carbons (Fsp3) is 0.333. The molecule has 0 saturated heterocycles. The Bertz CT molecular complexity index is 651. The smallest absolute Gasteiger partial charge is 0.351 e. The highest BCUT2D eigenvalue weighted by Crippen LogP contribution is 2.37. The fourth-order valence-corrected chi connectivity index (χ4v) is 2.75. The molecule has 3 nitrogen and oxygen atoms in total. The van der Waals surface area contributed by atoms with Crippen LogP contribution in [0.1, 0.15) is 29.2 Å². The minimum Gasteiger partial charge on any atom is -0.351 e. The molecular weight excluding hydrogens is 313 g/mol. The number of halogens is 3. The fourth-order valence-electron chi connectivity index (χ4n) is 1.75. The van der Waals surface area contributed by atoms with Gasteiger partial charge in [0.1, 0.15) is 9.88 Å². The van der Waals surface area contributed by atoms with Crippen LogP contribution in [-0.2, 0) is 6.18 Å². The number of carbonyl (C=O) groups is 1. The summed E-state index contributed by atoms with van der Waals surface area (Å²) in [5.74, 6) is -0.583. The second kappa shape index (κ2) is 6.48. The van der Waals surface area contributed by atoms with E-state index >= 15 is 0 Å². The van der Waals surface area contributed by atoms with Gasteiger partial charge < -0.3 is 5.32 Å². The third kappa shape index (κ3) is 3.85. The third-order valence-electron chi connectivity index (χ3n) is 2.79. The molecule has 0 atom stereocenters. The van der Waals surface area contributed by atoms with E-state index in [9.17, 15) is 18.0 Å². The molecule has 22 heavy (non-hydrogen) atoms. The average Bonchev–Trinajstić information content (AvgIpc) is 2.91. The number of nitrogens with one attached hydrogen (secondary N) is 1. The molecule has 0 unspecified atom stereocenters. The van der Waals surface area contributed by atoms with Crippen molar-refractivity contribution >= 4 is 17.2 Å². The van der Waals surface area contributed by atoms with E-state index in [-0.39, 0.29) is 10.9 Å². The second-order valence-electron chi connectivity index (χ2n) is 5.16. The van der Waals surface area contributed by atoms with Crippen LogP contribution in [0.4, 0.5) is 13.2 Å². The van der Waals surface area contributed by atoms with E-state index in [0.717, 1.165) is 11.3 Å². The van der Waals surface area contributed by atoms with Gasteiger partial charge in [0.2, 0.25) is 0 Å². The van der Waals surface area contributed by atoms with Crippen molar-refractivity contribution in [1.82, 2.24) is 10.3 Å². The molecule has 1 aromatic carbocycles. The average molecular weight is 328 g/mol. The number of alkyl halides is 3. The third-order valence-corrected chi connectivity index (χ3v) is 3.90. The SMILES string of the molecule is CC(C)CNC(=O)c1sc(-c2ccccc2)nc1C(F)(F)F. The zero-order valence-electron chi connectivity index (χ0n) is 12.1. The summed E-state index contributed by atoms with van der Waals surface area (Å²) in [5.41, 5.74) is -0.571. The first kappa shape index (κ1) is 16.5. The van der Waals surface area contributed by atoms with Crippen molar-refractivity contribution in [3.05, 3.63) is 40.9 Å². The van der Waals surface area contributed by atoms with E-state index in [1.54, 1.807) is 30.3 Å². The van der Waals surface area contributed by atoms with Gasteiger partial charge in [-0.1, -0.05) is 44.2 Å². The van der Waals surface area contributed by atoms with Crippen molar-refractivity contribution in [2.45, 2.75) is 20.0 Å². The van der Waals surface area contributed by atoms with Crippen molar-refractivity contribution in [3.63, 3.8) is 0 Å². The molecule has 0 fully saturated rings. The molecule has 0 aliphatic carbocycles. The number of benzene rings is 1. The maximum absolute atomic E-state index is 13.1. The number of nitrogens with zero attached hydrogens (tertiary/aromatic N) is 1. The summed E-state index contributed by atoms with van der Waals surface area (Å²) < 4.78 is 39.3. The van der Waals surface area contributed by atoms with E-state index in [1.807, 2.05) is 13.8 Å². The Kier molecular flexibility index (Phi) is 4.85. The van der Waals surface area contributed by atoms with Crippen LogP contribution in [-0.4, -0.2) is 17.4 Å². The van der Waals surface area contributed by atoms with Gasteiger partial charge in [-0.05, 0) is 5.92 Å². The number of thiazole rings is 1. The highest BCUT2D eigenvalue weighted by atomic mass is 32.1. The standard InChI is InChI=1S/C15H15F3N2OS/c1-9(2)8-19-13(21)11-12(15(16,17)18)20-14(22-11)10-6-4-3-5-7-10/h3-7,9H,8H2,1-2H3,(H,19,21). The lowest BCUT2D eigenvalue weighted by molar-refractivity contribution is -0.141. The predicted molar refractivity (Wildman–Crippen MR) is 79.7 cm³/mol. The Morgan fingerprint density at radius 2 is 1.91 bits per heavy atom. The van der Waals surface area contributed by atoms with Gasteiger partial charge in [-0.2, -0.15) is 13.2 Å². The quantitative estimate of drug-likeness (QED) is 0.913. The largest absolute Gasteiger partial charge is 0.435 e. The first-order valence-corrected chi connectivity index (χ1v) is 7.52. The van der Waals surface area contributed by atoms with Crippen LogP contribution in [0.15, 0.2) is 30.3 Å². The molecule has 0 spiro atoms. The van der Waals surface area contributed by atoms with Crippen molar-refractivity contribution in [2.24, 2.45) is 5.92 Å². The lowest BCUT2D eigenvalue weighted by Crippen LogP contribution is -2.28. The summed E-state index contributed by atoms with van der Waals surface area (Å²) in [4.78, 5) is 15.3. The van der Waals surface area contributed by atoms with Gasteiger partial charge in [-0.3, -0.25) is 4.79 Å². The lowest BCUT2D eigenvalue weighted by atomic mass is 10.2. The molecule has 1 N–H and O–H groups in total. The minimum absolute atomic E-state index is 0.153. The zero-order valence-corrected chi connectivity index (χ0v) is 12.9. The van der Waals surface area contributed by atoms with Gasteiger partial charge in [-0.25, -0.2) is 4.98 Å². The van der Waals surface area contributed by atoms with E-state index in [1.165, 1.54) is 0 Å². The molecule has 0 aliphatic heterocycles. The Labute approximate surface area is 130 Å². The topological polar surface area (TPSA) is 42.0 Å². The summed E-state index contributed by atoms with van der Waals surface area (Å²) in [6, 6.07) is 8.51. The van der Waals surface area contributed by atoms with Gasteiger partial charge in [0.25, 0.3) is 5.91 Å². The van der Waals surface area contributed by atoms with Crippen LogP contribution in [0.2, 0.25) is 0 Å². The summed E-state index contributed by atoms with van der Waals surface area (Å²) >= 11 is 0.756. The number of hydrogen-bond acceptors (Lipinski definition) is 3. The van der Waals surface area contributed by atoms with E-state index in [4.69, 9.17) is 0 Å². The van der Waals surface area contributed by atoms with Crippen molar-refractivity contribution < 1.29 is 18.0 Å². The molecule has 0 saturated carbocycles. The van der Waals surface area contributed by atoms with Crippen LogP contribution >= 0.6 is 11.3 Å². The number of aromatic nitrogens is 1. The number of amides is 1. The van der Waals surface area contributed by atoms with Gasteiger partial charge in [0.05, 0.1) is 0 Å². The Morgan fingerprint density at radius 1 is 1.27 bits per heavy atom. The van der Waals surface area contributed by atoms with Crippen LogP contribution in [0.5, 0.6) is 0 Å². The molecule has 1 heterocycles. The molecule has 2 rings (SSSR count). The minimum atomic E-state index is -4.66. The van der Waals surface area contributed by atoms with E-state index in [0.29, 0.717) is 12.1 Å². The van der Waals surface area contributed by atoms with Crippen LogP contribution in [0.25, 0.3) is 10.6 Å². The van der Waals surface area contributed by atoms with Crippen molar-refractivity contribution in [2.75, 3.05) is 6.54 Å². The molecule has 1 amide bonds. The van der Waals surface area contributed by atoms with Gasteiger partial charge in [0.15, 0.2) is 5.69 Å². The highest BCUT2D eigenvalue weighted by molar-refractivity contribution is 7.17. The van der Waals surface area contributed by atoms with E-state index in [2.05, 4.69) is 10.3 Å². The summed E-state index contributed by atoms with van der Waals surface area (Å²) in [6.07, 6.45) is -4.66. The molecular formula is C15H15F3N2OS. The normalized spacial score (nSPS) is 11.7. The molecule has 7 heteroatoms. The summed E-state index contributed by atoms with van der Waals surface area (Å²) in [5, 5.41) is 2.69. The van der Waals surface area contributed by atoms with Crippen molar-refractivity contribution in [3.8, 4) is 10.6 Å². The summed E-state index contributed by atoms with van der Waals surface area (Å²) in [7, 11) is 0. The Morgan fingerprint density at radius 3 is 2.45 bits per heavy atom. The van der Waals surface area contributed by atoms with Crippen LogP contribution in [0, 0.1) is 5.92 Å². The monoisotopic (exact) mass is 328 g/mol. The van der Waals surface area contributed by atoms with Gasteiger partial charge in [-0.15, -0.1) is 11.3 Å². The van der Waals surface area contributed by atoms with Crippen molar-refractivity contribution in [1.29, 1.82) is 0 Å². The zero-order chi connectivity index (χ0) is 16.3. The molecule has 1 aromatic heterocycles. The number of hydrogen-bond donors (Lipinski definition) is 1.